The Morgan fingerprint density at radius 2 is 1.10 bits per heavy atom. The van der Waals surface area contributed by atoms with E-state index in [0.717, 1.165) is 72.3 Å². The first-order valence-corrected chi connectivity index (χ1v) is 21.9. The number of alkyl halides is 2. The van der Waals surface area contributed by atoms with Crippen LogP contribution in [0.2, 0.25) is 0 Å². The lowest BCUT2D eigenvalue weighted by Crippen LogP contribution is -2.55. The Labute approximate surface area is 358 Å². The van der Waals surface area contributed by atoms with Crippen molar-refractivity contribution in [2.45, 2.75) is 89.9 Å². The molecule has 4 aliphatic rings. The minimum atomic E-state index is -0.969. The Hall–Kier alpha value is -5.44. The predicted molar refractivity (Wildman–Crippen MR) is 229 cm³/mol. The first-order chi connectivity index (χ1) is 30.3. The summed E-state index contributed by atoms with van der Waals surface area (Å²) in [6.07, 6.45) is 8.04. The highest BCUT2D eigenvalue weighted by Crippen LogP contribution is 2.34. The lowest BCUT2D eigenvalue weighted by Gasteiger charge is -2.42. The molecule has 6 aromatic rings. The number of hydrogen-bond donors (Lipinski definition) is 4. The monoisotopic (exact) mass is 858 g/mol. The quantitative estimate of drug-likeness (QED) is 0.105. The van der Waals surface area contributed by atoms with Gasteiger partial charge in [-0.15, -0.1) is 0 Å². The molecule has 18 nitrogen and oxygen atoms in total. The Morgan fingerprint density at radius 1 is 0.661 bits per heavy atom. The van der Waals surface area contributed by atoms with Gasteiger partial charge >= 0.3 is 0 Å². The molecule has 4 aliphatic heterocycles. The van der Waals surface area contributed by atoms with Crippen LogP contribution < -0.4 is 20.1 Å². The van der Waals surface area contributed by atoms with Crippen molar-refractivity contribution in [2.75, 3.05) is 76.5 Å². The molecule has 10 heterocycles. The lowest BCUT2D eigenvalue weighted by atomic mass is 10.0. The van der Waals surface area contributed by atoms with Crippen molar-refractivity contribution in [3.8, 4) is 11.8 Å². The molecule has 0 bridgehead atoms. The van der Waals surface area contributed by atoms with Gasteiger partial charge in [-0.3, -0.25) is 19.2 Å². The summed E-state index contributed by atoms with van der Waals surface area (Å²) in [4.78, 5) is 28.7. The zero-order chi connectivity index (χ0) is 42.7. The summed E-state index contributed by atoms with van der Waals surface area (Å²) in [6.45, 7) is 14.4. The van der Waals surface area contributed by atoms with Gasteiger partial charge in [-0.05, 0) is 51.7 Å². The van der Waals surface area contributed by atoms with E-state index in [1.807, 2.05) is 61.6 Å². The van der Waals surface area contributed by atoms with E-state index < -0.39 is 12.3 Å². The first-order valence-electron chi connectivity index (χ1n) is 21.9. The molecule has 6 aromatic heterocycles. The van der Waals surface area contributed by atoms with E-state index in [-0.39, 0.29) is 12.1 Å². The number of hydrogen-bond acceptors (Lipinski definition) is 14. The van der Waals surface area contributed by atoms with Crippen LogP contribution in [0.5, 0.6) is 11.8 Å². The van der Waals surface area contributed by atoms with Gasteiger partial charge < -0.3 is 39.5 Å². The number of rotatable bonds is 14. The van der Waals surface area contributed by atoms with E-state index in [9.17, 15) is 0 Å². The normalized spacial score (nSPS) is 22.5. The van der Waals surface area contributed by atoms with Crippen molar-refractivity contribution in [1.82, 2.24) is 59.3 Å². The predicted octanol–water partition coefficient (Wildman–Crippen LogP) is 5.69. The topological polar surface area (TPSA) is 186 Å². The molecule has 0 saturated carbocycles. The fourth-order valence-corrected chi connectivity index (χ4v) is 8.85. The van der Waals surface area contributed by atoms with Crippen LogP contribution in [0.1, 0.15) is 64.0 Å². The molecule has 332 valence electrons. The van der Waals surface area contributed by atoms with Crippen LogP contribution in [0.15, 0.2) is 36.9 Å². The molecular weight excluding hydrogens is 803 g/mol. The number of nitrogens with zero attached hydrogens (tertiary/aromatic N) is 10. The molecule has 0 radical (unpaired) electrons. The number of likely N-dealkylation sites (tertiary alicyclic amines) is 2. The maximum Gasteiger partial charge on any atom is 0.232 e. The van der Waals surface area contributed by atoms with Gasteiger partial charge in [0.1, 0.15) is 23.6 Å². The van der Waals surface area contributed by atoms with E-state index >= 15 is 8.78 Å². The van der Waals surface area contributed by atoms with E-state index in [1.165, 1.54) is 0 Å². The largest absolute Gasteiger partial charge is 0.477 e. The number of halogens is 2. The summed E-state index contributed by atoms with van der Waals surface area (Å²) in [7, 11) is 0. The van der Waals surface area contributed by atoms with Gasteiger partial charge in [0.15, 0.2) is 0 Å². The van der Waals surface area contributed by atoms with Crippen molar-refractivity contribution in [3.05, 3.63) is 48.3 Å². The minimum absolute atomic E-state index is 0.270. The summed E-state index contributed by atoms with van der Waals surface area (Å²) in [6, 6.07) is 3.97. The van der Waals surface area contributed by atoms with Gasteiger partial charge in [-0.2, -0.15) is 30.1 Å². The number of nitrogens with one attached hydrogen (secondary N) is 4. The molecule has 4 atom stereocenters. The number of fused-ring (bicyclic) bond motifs is 2. The first kappa shape index (κ1) is 41.9. The number of ether oxygens (including phenoxy) is 4. The number of aromatic amines is 2. The van der Waals surface area contributed by atoms with Crippen LogP contribution in [0.25, 0.3) is 22.1 Å². The zero-order valence-electron chi connectivity index (χ0n) is 35.7. The molecule has 0 aliphatic carbocycles. The van der Waals surface area contributed by atoms with E-state index in [1.54, 1.807) is 12.4 Å². The van der Waals surface area contributed by atoms with Crippen LogP contribution in [0.4, 0.5) is 32.1 Å². The van der Waals surface area contributed by atoms with Gasteiger partial charge in [0.05, 0.1) is 110 Å². The van der Waals surface area contributed by atoms with E-state index in [4.69, 9.17) is 18.9 Å². The Morgan fingerprint density at radius 3 is 1.45 bits per heavy atom. The summed E-state index contributed by atoms with van der Waals surface area (Å²) in [5, 5.41) is 17.3. The van der Waals surface area contributed by atoms with Crippen molar-refractivity contribution >= 4 is 45.3 Å². The Bertz CT molecular complexity index is 2260. The van der Waals surface area contributed by atoms with E-state index in [2.05, 4.69) is 60.5 Å². The molecular formula is C42H56F2N14O4. The summed E-state index contributed by atoms with van der Waals surface area (Å²) >= 11 is 0. The third-order valence-corrected chi connectivity index (χ3v) is 12.3. The molecule has 20 heteroatoms. The van der Waals surface area contributed by atoms with Gasteiger partial charge in [-0.1, -0.05) is 13.8 Å². The average Bonchev–Trinajstić information content (AvgIpc) is 4.05. The lowest BCUT2D eigenvalue weighted by molar-refractivity contribution is -0.0848. The summed E-state index contributed by atoms with van der Waals surface area (Å²) in [5.74, 6) is 1.89. The molecule has 4 unspecified atom stereocenters. The number of piperidine rings is 2. The van der Waals surface area contributed by atoms with Crippen LogP contribution in [-0.2, 0) is 22.3 Å². The van der Waals surface area contributed by atoms with Crippen LogP contribution >= 0.6 is 0 Å². The van der Waals surface area contributed by atoms with E-state index in [0.29, 0.717) is 99.8 Å². The van der Waals surface area contributed by atoms with Crippen molar-refractivity contribution < 1.29 is 27.7 Å². The SMILES string of the molecule is CCOc1nc(Nc2cnn(C3CCN(C4COC4)CC3F)c2CC)nc2[nH]ccc12.CCOc1nc(Nc2cnn(C3CCN(C4COC4)CC3F)c2CC)nc2[nH]ccc12. The minimum Gasteiger partial charge on any atom is -0.477 e. The van der Waals surface area contributed by atoms with Gasteiger partial charge in [0.25, 0.3) is 0 Å². The van der Waals surface area contributed by atoms with Crippen molar-refractivity contribution in [3.63, 3.8) is 0 Å². The second-order valence-electron chi connectivity index (χ2n) is 16.0. The smallest absolute Gasteiger partial charge is 0.232 e. The zero-order valence-corrected chi connectivity index (χ0v) is 35.7. The Kier molecular flexibility index (Phi) is 12.5. The van der Waals surface area contributed by atoms with Crippen molar-refractivity contribution in [2.24, 2.45) is 0 Å². The highest BCUT2D eigenvalue weighted by atomic mass is 19.1. The third-order valence-electron chi connectivity index (χ3n) is 12.3. The molecule has 4 N–H and O–H groups in total. The fourth-order valence-electron chi connectivity index (χ4n) is 8.85. The van der Waals surface area contributed by atoms with Crippen LogP contribution in [0, 0.1) is 0 Å². The summed E-state index contributed by atoms with van der Waals surface area (Å²) < 4.78 is 55.8. The number of H-pyrrole nitrogens is 2. The average molecular weight is 859 g/mol. The Balaban J connectivity index is 0.000000158. The summed E-state index contributed by atoms with van der Waals surface area (Å²) in [5.41, 5.74) is 4.86. The molecule has 62 heavy (non-hydrogen) atoms. The number of aromatic nitrogens is 10. The van der Waals surface area contributed by atoms with Gasteiger partial charge in [-0.25, -0.2) is 8.78 Å². The highest BCUT2D eigenvalue weighted by molar-refractivity contribution is 5.83. The standard InChI is InChI=1S/2C21H28FN7O2/c2*1-3-17-16(25-21-26-19-14(5-7-23-19)20(27-21)31-4-2)9-24-29(17)18-6-8-28(10-15(18)22)13-11-30-12-13/h2*5,7,9,13,15,18H,3-4,6,8,10-12H2,1-2H3,(H2,23,25,26,27). The van der Waals surface area contributed by atoms with Gasteiger partial charge in [0.2, 0.25) is 23.7 Å². The van der Waals surface area contributed by atoms with Gasteiger partial charge in [0, 0.05) is 38.6 Å². The second kappa shape index (κ2) is 18.5. The third kappa shape index (κ3) is 8.39. The molecule has 0 spiro atoms. The highest BCUT2D eigenvalue weighted by Gasteiger charge is 2.39. The number of anilines is 4. The maximum absolute atomic E-state index is 15.1. The molecule has 0 amide bonds. The fraction of sp³-hybridized carbons (Fsp3) is 0.571. The maximum atomic E-state index is 15.1. The molecule has 10 rings (SSSR count). The second-order valence-corrected chi connectivity index (χ2v) is 16.0. The van der Waals surface area contributed by atoms with Crippen LogP contribution in [-0.4, -0.2) is 150 Å². The van der Waals surface area contributed by atoms with Crippen molar-refractivity contribution in [1.29, 1.82) is 0 Å². The van der Waals surface area contributed by atoms with Crippen LogP contribution in [0.3, 0.4) is 0 Å². The molecule has 4 saturated heterocycles. The molecule has 4 fully saturated rings. The molecule has 0 aromatic carbocycles.